The molecule has 3 heteroatoms. The van der Waals surface area contributed by atoms with Crippen LogP contribution in [-0.4, -0.2) is 22.4 Å². The molecule has 1 unspecified atom stereocenters. The second-order valence-corrected chi connectivity index (χ2v) is 5.62. The van der Waals surface area contributed by atoms with Gasteiger partial charge in [-0.15, -0.1) is 0 Å². The van der Waals surface area contributed by atoms with Crippen LogP contribution >= 0.6 is 0 Å². The molecule has 19 heavy (non-hydrogen) atoms. The van der Waals surface area contributed by atoms with Crippen LogP contribution in [0.3, 0.4) is 0 Å². The Morgan fingerprint density at radius 2 is 2.05 bits per heavy atom. The lowest BCUT2D eigenvalue weighted by Gasteiger charge is -2.15. The predicted molar refractivity (Wildman–Crippen MR) is 82.5 cm³/mol. The summed E-state index contributed by atoms with van der Waals surface area (Å²) in [4.78, 5) is 0. The van der Waals surface area contributed by atoms with Gasteiger partial charge >= 0.3 is 0 Å². The fraction of sp³-hybridized carbons (Fsp3) is 0.688. The second kappa shape index (κ2) is 7.49. The molecular weight excluding hydrogens is 234 g/mol. The summed E-state index contributed by atoms with van der Waals surface area (Å²) in [7, 11) is 2.02. The van der Waals surface area contributed by atoms with Gasteiger partial charge in [0, 0.05) is 18.8 Å². The lowest BCUT2D eigenvalue weighted by Crippen LogP contribution is -2.28. The van der Waals surface area contributed by atoms with Gasteiger partial charge in [-0.3, -0.25) is 4.68 Å². The first kappa shape index (κ1) is 16.0. The van der Waals surface area contributed by atoms with E-state index in [1.165, 1.54) is 28.9 Å². The zero-order valence-corrected chi connectivity index (χ0v) is 13.4. The first-order valence-electron chi connectivity index (χ1n) is 7.33. The molecule has 0 aromatic carbocycles. The molecule has 1 atom stereocenters. The molecule has 0 aliphatic carbocycles. The summed E-state index contributed by atoms with van der Waals surface area (Å²) in [5.74, 6) is 0. The van der Waals surface area contributed by atoms with E-state index < -0.39 is 0 Å². The van der Waals surface area contributed by atoms with Crippen molar-refractivity contribution in [3.63, 3.8) is 0 Å². The van der Waals surface area contributed by atoms with E-state index in [0.29, 0.717) is 6.04 Å². The first-order valence-corrected chi connectivity index (χ1v) is 7.33. The van der Waals surface area contributed by atoms with Crippen molar-refractivity contribution in [3.8, 4) is 0 Å². The van der Waals surface area contributed by atoms with Gasteiger partial charge in [0.15, 0.2) is 0 Å². The van der Waals surface area contributed by atoms with Crippen molar-refractivity contribution in [1.29, 1.82) is 0 Å². The molecule has 0 radical (unpaired) electrons. The molecule has 3 nitrogen and oxygen atoms in total. The Hall–Kier alpha value is -1.09. The minimum Gasteiger partial charge on any atom is -0.311 e. The van der Waals surface area contributed by atoms with Crippen molar-refractivity contribution in [1.82, 2.24) is 15.1 Å². The number of hydrogen-bond acceptors (Lipinski definition) is 2. The van der Waals surface area contributed by atoms with Crippen LogP contribution in [-0.2, 0) is 13.5 Å². The van der Waals surface area contributed by atoms with Crippen molar-refractivity contribution >= 4 is 0 Å². The number of aromatic nitrogens is 2. The van der Waals surface area contributed by atoms with Crippen LogP contribution in [0.15, 0.2) is 11.6 Å². The molecule has 0 bridgehead atoms. The third-order valence-electron chi connectivity index (χ3n) is 3.56. The maximum absolute atomic E-state index is 4.49. The summed E-state index contributed by atoms with van der Waals surface area (Å²) in [5, 5.41) is 8.11. The molecule has 108 valence electrons. The summed E-state index contributed by atoms with van der Waals surface area (Å²) < 4.78 is 1.99. The van der Waals surface area contributed by atoms with Crippen LogP contribution < -0.4 is 5.32 Å². The summed E-state index contributed by atoms with van der Waals surface area (Å²) in [5.41, 5.74) is 5.26. The van der Waals surface area contributed by atoms with Crippen LogP contribution in [0, 0.1) is 13.8 Å². The van der Waals surface area contributed by atoms with Crippen molar-refractivity contribution < 1.29 is 0 Å². The average molecular weight is 263 g/mol. The minimum atomic E-state index is 0.476. The standard InChI is InChI=1S/C16H29N3/c1-7-10-17-15(11-12(2)3)8-9-16-13(4)18-19(6)14(16)5/h11,15,17H,7-10H2,1-6H3. The van der Waals surface area contributed by atoms with Gasteiger partial charge < -0.3 is 5.32 Å². The van der Waals surface area contributed by atoms with E-state index >= 15 is 0 Å². The molecule has 0 amide bonds. The van der Waals surface area contributed by atoms with Gasteiger partial charge in [-0.25, -0.2) is 0 Å². The van der Waals surface area contributed by atoms with Crippen LogP contribution in [0.1, 0.15) is 50.6 Å². The summed E-state index contributed by atoms with van der Waals surface area (Å²) in [6.07, 6.45) is 5.75. The van der Waals surface area contributed by atoms with E-state index in [2.05, 4.69) is 51.1 Å². The summed E-state index contributed by atoms with van der Waals surface area (Å²) in [6, 6.07) is 0.476. The molecule has 0 saturated heterocycles. The number of aryl methyl sites for hydroxylation is 2. The Kier molecular flexibility index (Phi) is 6.29. The van der Waals surface area contributed by atoms with Gasteiger partial charge in [-0.2, -0.15) is 5.10 Å². The van der Waals surface area contributed by atoms with E-state index in [4.69, 9.17) is 0 Å². The molecule has 0 saturated carbocycles. The van der Waals surface area contributed by atoms with Crippen molar-refractivity contribution in [2.24, 2.45) is 7.05 Å². The Labute approximate surface area is 118 Å². The molecule has 0 aliphatic heterocycles. The third kappa shape index (κ3) is 4.83. The van der Waals surface area contributed by atoms with Crippen molar-refractivity contribution in [2.75, 3.05) is 6.54 Å². The summed E-state index contributed by atoms with van der Waals surface area (Å²) in [6.45, 7) is 11.9. The molecule has 0 fully saturated rings. The molecule has 0 spiro atoms. The highest BCUT2D eigenvalue weighted by Gasteiger charge is 2.11. The Balaban J connectivity index is 2.67. The third-order valence-corrected chi connectivity index (χ3v) is 3.56. The lowest BCUT2D eigenvalue weighted by molar-refractivity contribution is 0.550. The largest absolute Gasteiger partial charge is 0.311 e. The van der Waals surface area contributed by atoms with Gasteiger partial charge in [0.25, 0.3) is 0 Å². The molecule has 1 rings (SSSR count). The highest BCUT2D eigenvalue weighted by Crippen LogP contribution is 2.15. The van der Waals surface area contributed by atoms with Crippen molar-refractivity contribution in [3.05, 3.63) is 28.6 Å². The van der Waals surface area contributed by atoms with Crippen LogP contribution in [0.4, 0.5) is 0 Å². The number of hydrogen-bond donors (Lipinski definition) is 1. The number of nitrogens with zero attached hydrogens (tertiary/aromatic N) is 2. The van der Waals surface area contributed by atoms with E-state index in [0.717, 1.165) is 19.4 Å². The smallest absolute Gasteiger partial charge is 0.0628 e. The average Bonchev–Trinajstić information content (AvgIpc) is 2.57. The fourth-order valence-corrected chi connectivity index (χ4v) is 2.46. The first-order chi connectivity index (χ1) is 8.95. The maximum Gasteiger partial charge on any atom is 0.0628 e. The number of rotatable bonds is 7. The lowest BCUT2D eigenvalue weighted by atomic mass is 10.0. The Morgan fingerprint density at radius 3 is 2.53 bits per heavy atom. The van der Waals surface area contributed by atoms with E-state index in [1.807, 2.05) is 11.7 Å². The Bertz CT molecular complexity index is 425. The normalized spacial score (nSPS) is 12.5. The maximum atomic E-state index is 4.49. The minimum absolute atomic E-state index is 0.476. The molecule has 1 N–H and O–H groups in total. The van der Waals surface area contributed by atoms with Crippen LogP contribution in [0.25, 0.3) is 0 Å². The molecule has 0 aliphatic rings. The van der Waals surface area contributed by atoms with E-state index in [9.17, 15) is 0 Å². The van der Waals surface area contributed by atoms with E-state index in [-0.39, 0.29) is 0 Å². The highest BCUT2D eigenvalue weighted by molar-refractivity contribution is 5.24. The predicted octanol–water partition coefficient (Wildman–Crippen LogP) is 3.30. The molecular formula is C16H29N3. The Morgan fingerprint density at radius 1 is 1.37 bits per heavy atom. The van der Waals surface area contributed by atoms with Gasteiger partial charge in [0.05, 0.1) is 5.69 Å². The monoisotopic (exact) mass is 263 g/mol. The second-order valence-electron chi connectivity index (χ2n) is 5.62. The van der Waals surface area contributed by atoms with E-state index in [1.54, 1.807) is 0 Å². The summed E-state index contributed by atoms with van der Waals surface area (Å²) >= 11 is 0. The van der Waals surface area contributed by atoms with Gasteiger partial charge in [0.2, 0.25) is 0 Å². The van der Waals surface area contributed by atoms with Gasteiger partial charge in [-0.05, 0) is 59.1 Å². The topological polar surface area (TPSA) is 29.9 Å². The number of nitrogens with one attached hydrogen (secondary N) is 1. The zero-order chi connectivity index (χ0) is 14.4. The highest BCUT2D eigenvalue weighted by atomic mass is 15.3. The molecule has 1 aromatic rings. The fourth-order valence-electron chi connectivity index (χ4n) is 2.46. The molecule has 1 heterocycles. The molecule has 1 aromatic heterocycles. The SMILES string of the molecule is CCCNC(C=C(C)C)CCc1c(C)nn(C)c1C. The number of allylic oxidation sites excluding steroid dienone is 1. The van der Waals surface area contributed by atoms with Crippen LogP contribution in [0.2, 0.25) is 0 Å². The zero-order valence-electron chi connectivity index (χ0n) is 13.4. The van der Waals surface area contributed by atoms with Crippen LogP contribution in [0.5, 0.6) is 0 Å². The quantitative estimate of drug-likeness (QED) is 0.765. The van der Waals surface area contributed by atoms with Gasteiger partial charge in [0.1, 0.15) is 0 Å². The van der Waals surface area contributed by atoms with Crippen molar-refractivity contribution in [2.45, 2.75) is 59.9 Å². The van der Waals surface area contributed by atoms with Gasteiger partial charge in [-0.1, -0.05) is 18.6 Å².